The molecule has 0 saturated carbocycles. The second-order valence-corrected chi connectivity index (χ2v) is 6.34. The monoisotopic (exact) mass is 336 g/mol. The molecule has 2 N–H and O–H groups in total. The summed E-state index contributed by atoms with van der Waals surface area (Å²) >= 11 is 7.60. The Morgan fingerprint density at radius 2 is 2.05 bits per heavy atom. The van der Waals surface area contributed by atoms with E-state index in [2.05, 4.69) is 26.0 Å². The van der Waals surface area contributed by atoms with Crippen LogP contribution in [0.3, 0.4) is 0 Å². The Hall–Kier alpha value is -1.59. The molecule has 0 saturated heterocycles. The molecule has 0 aliphatic carbocycles. The summed E-state index contributed by atoms with van der Waals surface area (Å²) in [5, 5.41) is 10.7. The maximum Gasteiger partial charge on any atom is 0.191 e. The van der Waals surface area contributed by atoms with Crippen LogP contribution in [0.4, 0.5) is 0 Å². The van der Waals surface area contributed by atoms with Crippen molar-refractivity contribution in [2.75, 3.05) is 13.6 Å². The highest BCUT2D eigenvalue weighted by atomic mass is 35.5. The van der Waals surface area contributed by atoms with E-state index in [1.54, 1.807) is 18.4 Å². The third-order valence-corrected chi connectivity index (χ3v) is 4.40. The van der Waals surface area contributed by atoms with Crippen molar-refractivity contribution in [3.63, 3.8) is 0 Å². The van der Waals surface area contributed by atoms with Crippen molar-refractivity contribution in [1.29, 1.82) is 0 Å². The van der Waals surface area contributed by atoms with Gasteiger partial charge in [-0.25, -0.2) is 4.98 Å². The summed E-state index contributed by atoms with van der Waals surface area (Å²) in [5.74, 6) is 0.810. The maximum atomic E-state index is 5.88. The highest BCUT2D eigenvalue weighted by Crippen LogP contribution is 2.10. The molecule has 0 unspecified atom stereocenters. The number of rotatable bonds is 6. The minimum atomic E-state index is 0.725. The molecular formula is C16H21ClN4S. The standard InChI is InChI=1S/C16H21ClN4S/c1-12-11-22-15(21-12)4-3-9-19-16(18-2)20-10-13-5-7-14(17)8-6-13/h5-8,11H,3-4,9-10H2,1-2H3,(H2,18,19,20). The Morgan fingerprint density at radius 3 is 2.68 bits per heavy atom. The van der Waals surface area contributed by atoms with Gasteiger partial charge in [-0.3, -0.25) is 4.99 Å². The van der Waals surface area contributed by atoms with Gasteiger partial charge in [0.1, 0.15) is 0 Å². The van der Waals surface area contributed by atoms with E-state index in [4.69, 9.17) is 11.6 Å². The molecule has 1 aromatic heterocycles. The largest absolute Gasteiger partial charge is 0.356 e. The molecule has 6 heteroatoms. The van der Waals surface area contributed by atoms with Crippen LogP contribution in [0.1, 0.15) is 22.7 Å². The van der Waals surface area contributed by atoms with E-state index in [0.29, 0.717) is 0 Å². The number of nitrogens with zero attached hydrogens (tertiary/aromatic N) is 2. The van der Waals surface area contributed by atoms with Crippen molar-refractivity contribution in [2.45, 2.75) is 26.3 Å². The van der Waals surface area contributed by atoms with Gasteiger partial charge in [0, 0.05) is 42.7 Å². The molecule has 118 valence electrons. The SMILES string of the molecule is CN=C(NCCCc1nc(C)cs1)NCc1ccc(Cl)cc1. The van der Waals surface area contributed by atoms with Gasteiger partial charge in [0.2, 0.25) is 0 Å². The van der Waals surface area contributed by atoms with E-state index in [-0.39, 0.29) is 0 Å². The molecule has 0 spiro atoms. The smallest absolute Gasteiger partial charge is 0.191 e. The van der Waals surface area contributed by atoms with E-state index >= 15 is 0 Å². The van der Waals surface area contributed by atoms with Gasteiger partial charge in [0.05, 0.1) is 5.01 Å². The predicted molar refractivity (Wildman–Crippen MR) is 94.8 cm³/mol. The summed E-state index contributed by atoms with van der Waals surface area (Å²) in [5.41, 5.74) is 2.28. The Bertz CT molecular complexity index is 607. The number of nitrogens with one attached hydrogen (secondary N) is 2. The first kappa shape index (κ1) is 16.8. The van der Waals surface area contributed by atoms with Crippen molar-refractivity contribution < 1.29 is 0 Å². The Balaban J connectivity index is 1.67. The molecule has 0 aliphatic rings. The van der Waals surface area contributed by atoms with Gasteiger partial charge in [-0.1, -0.05) is 23.7 Å². The molecule has 22 heavy (non-hydrogen) atoms. The van der Waals surface area contributed by atoms with Gasteiger partial charge in [-0.05, 0) is 31.0 Å². The number of guanidine groups is 1. The summed E-state index contributed by atoms with van der Waals surface area (Å²) in [4.78, 5) is 8.69. The van der Waals surface area contributed by atoms with Crippen LogP contribution in [0.2, 0.25) is 5.02 Å². The summed E-state index contributed by atoms with van der Waals surface area (Å²) in [6, 6.07) is 7.80. The van der Waals surface area contributed by atoms with Gasteiger partial charge in [0.15, 0.2) is 5.96 Å². The van der Waals surface area contributed by atoms with Gasteiger partial charge in [0.25, 0.3) is 0 Å². The molecule has 1 aromatic carbocycles. The average molecular weight is 337 g/mol. The first-order valence-electron chi connectivity index (χ1n) is 7.27. The van der Waals surface area contributed by atoms with E-state index in [0.717, 1.165) is 42.6 Å². The first-order valence-corrected chi connectivity index (χ1v) is 8.53. The van der Waals surface area contributed by atoms with Crippen LogP contribution in [-0.4, -0.2) is 24.5 Å². The fourth-order valence-electron chi connectivity index (χ4n) is 1.97. The molecule has 2 aromatic rings. The van der Waals surface area contributed by atoms with Gasteiger partial charge in [-0.2, -0.15) is 0 Å². The van der Waals surface area contributed by atoms with Crippen LogP contribution in [-0.2, 0) is 13.0 Å². The van der Waals surface area contributed by atoms with Crippen molar-refractivity contribution in [2.24, 2.45) is 4.99 Å². The van der Waals surface area contributed by atoms with Crippen molar-refractivity contribution in [3.05, 3.63) is 50.9 Å². The van der Waals surface area contributed by atoms with E-state index < -0.39 is 0 Å². The quantitative estimate of drug-likeness (QED) is 0.483. The number of thiazole rings is 1. The van der Waals surface area contributed by atoms with Crippen molar-refractivity contribution in [1.82, 2.24) is 15.6 Å². The summed E-state index contributed by atoms with van der Waals surface area (Å²) in [7, 11) is 1.78. The van der Waals surface area contributed by atoms with Gasteiger partial charge >= 0.3 is 0 Å². The third-order valence-electron chi connectivity index (χ3n) is 3.12. The van der Waals surface area contributed by atoms with E-state index in [1.807, 2.05) is 31.2 Å². The number of benzene rings is 1. The van der Waals surface area contributed by atoms with E-state index in [1.165, 1.54) is 10.6 Å². The second-order valence-electron chi connectivity index (χ2n) is 4.97. The zero-order chi connectivity index (χ0) is 15.8. The van der Waals surface area contributed by atoms with Crippen molar-refractivity contribution >= 4 is 28.9 Å². The molecule has 4 nitrogen and oxygen atoms in total. The Kier molecular flexibility index (Phi) is 6.68. The number of aliphatic imine (C=N–C) groups is 1. The van der Waals surface area contributed by atoms with E-state index in [9.17, 15) is 0 Å². The van der Waals surface area contributed by atoms with Gasteiger partial charge < -0.3 is 10.6 Å². The summed E-state index contributed by atoms with van der Waals surface area (Å²) in [6.07, 6.45) is 2.04. The van der Waals surface area contributed by atoms with Crippen LogP contribution in [0.25, 0.3) is 0 Å². The molecular weight excluding hydrogens is 316 g/mol. The molecule has 0 radical (unpaired) electrons. The Labute approximate surface area is 140 Å². The number of hydrogen-bond donors (Lipinski definition) is 2. The first-order chi connectivity index (χ1) is 10.7. The van der Waals surface area contributed by atoms with Crippen LogP contribution in [0.5, 0.6) is 0 Å². The fourth-order valence-corrected chi connectivity index (χ4v) is 2.92. The molecule has 0 bridgehead atoms. The second kappa shape index (κ2) is 8.76. The highest BCUT2D eigenvalue weighted by Gasteiger charge is 2.01. The molecule has 0 aliphatic heterocycles. The van der Waals surface area contributed by atoms with Crippen LogP contribution in [0.15, 0.2) is 34.6 Å². The van der Waals surface area contributed by atoms with Gasteiger partial charge in [-0.15, -0.1) is 11.3 Å². The fraction of sp³-hybridized carbons (Fsp3) is 0.375. The van der Waals surface area contributed by atoms with Crippen LogP contribution in [0, 0.1) is 6.92 Å². The van der Waals surface area contributed by atoms with Crippen LogP contribution < -0.4 is 10.6 Å². The summed E-state index contributed by atoms with van der Waals surface area (Å²) < 4.78 is 0. The molecule has 0 amide bonds. The lowest BCUT2D eigenvalue weighted by atomic mass is 10.2. The molecule has 0 atom stereocenters. The molecule has 0 fully saturated rings. The molecule has 1 heterocycles. The lowest BCUT2D eigenvalue weighted by Crippen LogP contribution is -2.37. The normalized spacial score (nSPS) is 11.5. The number of halogens is 1. The average Bonchev–Trinajstić information content (AvgIpc) is 2.94. The highest BCUT2D eigenvalue weighted by molar-refractivity contribution is 7.09. The number of hydrogen-bond acceptors (Lipinski definition) is 3. The van der Waals surface area contributed by atoms with Crippen molar-refractivity contribution in [3.8, 4) is 0 Å². The zero-order valence-electron chi connectivity index (χ0n) is 12.9. The minimum Gasteiger partial charge on any atom is -0.356 e. The minimum absolute atomic E-state index is 0.725. The lowest BCUT2D eigenvalue weighted by molar-refractivity contribution is 0.739. The zero-order valence-corrected chi connectivity index (χ0v) is 14.5. The topological polar surface area (TPSA) is 49.3 Å². The number of aromatic nitrogens is 1. The van der Waals surface area contributed by atoms with Crippen LogP contribution >= 0.6 is 22.9 Å². The summed E-state index contributed by atoms with van der Waals surface area (Å²) in [6.45, 7) is 3.63. The maximum absolute atomic E-state index is 5.88. The number of aryl methyl sites for hydroxylation is 2. The predicted octanol–water partition coefficient (Wildman–Crippen LogP) is 3.40. The molecule has 2 rings (SSSR count). The Morgan fingerprint density at radius 1 is 1.27 bits per heavy atom. The third kappa shape index (κ3) is 5.66. The lowest BCUT2D eigenvalue weighted by Gasteiger charge is -2.11.